The Morgan fingerprint density at radius 2 is 1.78 bits per heavy atom. The smallest absolute Gasteiger partial charge is 0.341 e. The maximum atomic E-state index is 13.8. The van der Waals surface area contributed by atoms with Crippen molar-refractivity contribution in [2.24, 2.45) is 0 Å². The van der Waals surface area contributed by atoms with E-state index in [0.717, 1.165) is 0 Å². The number of nitrogens with one attached hydrogen (secondary N) is 1. The molecule has 2 unspecified atom stereocenters. The van der Waals surface area contributed by atoms with Gasteiger partial charge in [-0.1, -0.05) is 6.07 Å². The summed E-state index contributed by atoms with van der Waals surface area (Å²) in [6.07, 6.45) is 0.474. The summed E-state index contributed by atoms with van der Waals surface area (Å²) in [5.74, 6) is -2.61. The number of carbonyl (C=O) groups excluding carboxylic acids is 1. The first-order chi connectivity index (χ1) is 12.8. The van der Waals surface area contributed by atoms with Crippen molar-refractivity contribution in [1.82, 2.24) is 5.32 Å². The highest BCUT2D eigenvalue weighted by molar-refractivity contribution is 5.95. The Morgan fingerprint density at radius 3 is 2.33 bits per heavy atom. The molecule has 0 saturated heterocycles. The molecule has 2 N–H and O–H groups in total. The lowest BCUT2D eigenvalue weighted by atomic mass is 10.0. The van der Waals surface area contributed by atoms with Gasteiger partial charge in [0.25, 0.3) is 5.91 Å². The largest absolute Gasteiger partial charge is 0.481 e. The number of halogens is 2. The molecule has 27 heavy (non-hydrogen) atoms. The topological polar surface area (TPSA) is 75.6 Å². The normalized spacial score (nSPS) is 18.1. The lowest BCUT2D eigenvalue weighted by Gasteiger charge is -2.13. The van der Waals surface area contributed by atoms with Crippen LogP contribution in [0.4, 0.5) is 8.78 Å². The predicted octanol–water partition coefficient (Wildman–Crippen LogP) is 3.33. The van der Waals surface area contributed by atoms with Crippen molar-refractivity contribution in [3.63, 3.8) is 0 Å². The Kier molecular flexibility index (Phi) is 5.12. The van der Waals surface area contributed by atoms with Crippen LogP contribution in [-0.2, 0) is 4.79 Å². The lowest BCUT2D eigenvalue weighted by molar-refractivity contribution is -0.139. The van der Waals surface area contributed by atoms with Crippen LogP contribution in [0.1, 0.15) is 39.4 Å². The van der Waals surface area contributed by atoms with Gasteiger partial charge in [0, 0.05) is 23.1 Å². The summed E-state index contributed by atoms with van der Waals surface area (Å²) in [6.45, 7) is 2.97. The zero-order valence-corrected chi connectivity index (χ0v) is 14.9. The third-order valence-electron chi connectivity index (χ3n) is 4.54. The van der Waals surface area contributed by atoms with Gasteiger partial charge >= 0.3 is 5.97 Å². The van der Waals surface area contributed by atoms with Crippen LogP contribution in [0.15, 0.2) is 30.3 Å². The zero-order chi connectivity index (χ0) is 19.7. The molecule has 0 bridgehead atoms. The van der Waals surface area contributed by atoms with Gasteiger partial charge in [0.05, 0.1) is 0 Å². The van der Waals surface area contributed by atoms with E-state index in [0.29, 0.717) is 28.9 Å². The molecule has 7 heteroatoms. The fourth-order valence-corrected chi connectivity index (χ4v) is 3.23. The van der Waals surface area contributed by atoms with Gasteiger partial charge in [0.1, 0.15) is 17.4 Å². The Labute approximate surface area is 155 Å². The summed E-state index contributed by atoms with van der Waals surface area (Å²) in [5, 5.41) is 11.5. The van der Waals surface area contributed by atoms with Crippen molar-refractivity contribution in [3.8, 4) is 5.75 Å². The van der Waals surface area contributed by atoms with Crippen molar-refractivity contribution in [3.05, 3.63) is 64.2 Å². The minimum absolute atomic E-state index is 0.00702. The van der Waals surface area contributed by atoms with E-state index < -0.39 is 24.2 Å². The SMILES string of the molecule is Cc1cc(C(=O)NC2CC2c2c(F)cccc2F)cc(C)c1OCC(=O)O. The first-order valence-electron chi connectivity index (χ1n) is 8.48. The molecule has 1 amide bonds. The number of amides is 1. The maximum absolute atomic E-state index is 13.8. The van der Waals surface area contributed by atoms with Gasteiger partial charge < -0.3 is 15.2 Å². The van der Waals surface area contributed by atoms with E-state index in [9.17, 15) is 18.4 Å². The van der Waals surface area contributed by atoms with Crippen LogP contribution < -0.4 is 10.1 Å². The first kappa shape index (κ1) is 18.8. The number of benzene rings is 2. The number of hydrogen-bond donors (Lipinski definition) is 2. The quantitative estimate of drug-likeness (QED) is 0.812. The van der Waals surface area contributed by atoms with E-state index in [-0.39, 0.29) is 23.4 Å². The number of hydrogen-bond acceptors (Lipinski definition) is 3. The van der Waals surface area contributed by atoms with E-state index in [1.807, 2.05) is 0 Å². The first-order valence-corrected chi connectivity index (χ1v) is 8.48. The van der Waals surface area contributed by atoms with Crippen LogP contribution in [0, 0.1) is 25.5 Å². The second kappa shape index (κ2) is 7.34. The van der Waals surface area contributed by atoms with Crippen LogP contribution in [0.2, 0.25) is 0 Å². The highest BCUT2D eigenvalue weighted by atomic mass is 19.1. The van der Waals surface area contributed by atoms with Gasteiger partial charge in [-0.2, -0.15) is 0 Å². The summed E-state index contributed by atoms with van der Waals surface area (Å²) >= 11 is 0. The van der Waals surface area contributed by atoms with Gasteiger partial charge in [-0.25, -0.2) is 13.6 Å². The molecule has 5 nitrogen and oxygen atoms in total. The molecule has 1 fully saturated rings. The Bertz CT molecular complexity index is 870. The lowest BCUT2D eigenvalue weighted by Crippen LogP contribution is -2.27. The van der Waals surface area contributed by atoms with Gasteiger partial charge in [-0.15, -0.1) is 0 Å². The molecule has 2 aromatic carbocycles. The minimum Gasteiger partial charge on any atom is -0.481 e. The van der Waals surface area contributed by atoms with Gasteiger partial charge in [-0.05, 0) is 55.7 Å². The summed E-state index contributed by atoms with van der Waals surface area (Å²) in [4.78, 5) is 23.1. The predicted molar refractivity (Wildman–Crippen MR) is 94.0 cm³/mol. The molecule has 1 aliphatic carbocycles. The van der Waals surface area contributed by atoms with Crippen LogP contribution >= 0.6 is 0 Å². The number of carboxylic acid groups (broad SMARTS) is 1. The van der Waals surface area contributed by atoms with Crippen LogP contribution in [-0.4, -0.2) is 29.6 Å². The summed E-state index contributed by atoms with van der Waals surface area (Å²) in [7, 11) is 0. The molecule has 0 aromatic heterocycles. The van der Waals surface area contributed by atoms with Crippen molar-refractivity contribution in [2.75, 3.05) is 6.61 Å². The number of aryl methyl sites for hydroxylation is 2. The molecule has 0 spiro atoms. The molecule has 1 aliphatic rings. The molecule has 2 atom stereocenters. The Balaban J connectivity index is 1.70. The fourth-order valence-electron chi connectivity index (χ4n) is 3.23. The molecular weight excluding hydrogens is 356 g/mol. The highest BCUT2D eigenvalue weighted by Crippen LogP contribution is 2.43. The Morgan fingerprint density at radius 1 is 1.19 bits per heavy atom. The van der Waals surface area contributed by atoms with Gasteiger partial charge in [0.2, 0.25) is 0 Å². The van der Waals surface area contributed by atoms with E-state index in [4.69, 9.17) is 9.84 Å². The monoisotopic (exact) mass is 375 g/mol. The molecule has 0 heterocycles. The summed E-state index contributed by atoms with van der Waals surface area (Å²) in [6, 6.07) is 6.59. The molecular formula is C20H19F2NO4. The van der Waals surface area contributed by atoms with Crippen LogP contribution in [0.25, 0.3) is 0 Å². The molecule has 142 valence electrons. The molecule has 2 aromatic rings. The van der Waals surface area contributed by atoms with Crippen molar-refractivity contribution in [1.29, 1.82) is 0 Å². The van der Waals surface area contributed by atoms with Crippen LogP contribution in [0.5, 0.6) is 5.75 Å². The second-order valence-electron chi connectivity index (χ2n) is 6.68. The number of carbonyl (C=O) groups is 2. The van der Waals surface area contributed by atoms with E-state index in [1.165, 1.54) is 18.2 Å². The third kappa shape index (κ3) is 4.07. The minimum atomic E-state index is -1.09. The maximum Gasteiger partial charge on any atom is 0.341 e. The van der Waals surface area contributed by atoms with E-state index in [2.05, 4.69) is 5.32 Å². The second-order valence-corrected chi connectivity index (χ2v) is 6.68. The summed E-state index contributed by atoms with van der Waals surface area (Å²) < 4.78 is 32.9. The van der Waals surface area contributed by atoms with Gasteiger partial charge in [0.15, 0.2) is 6.61 Å². The zero-order valence-electron chi connectivity index (χ0n) is 14.9. The highest BCUT2D eigenvalue weighted by Gasteiger charge is 2.42. The molecule has 0 radical (unpaired) electrons. The van der Waals surface area contributed by atoms with Crippen molar-refractivity contribution >= 4 is 11.9 Å². The Hall–Kier alpha value is -2.96. The number of ether oxygens (including phenoxy) is 1. The van der Waals surface area contributed by atoms with Crippen LogP contribution in [0.3, 0.4) is 0 Å². The molecule has 0 aliphatic heterocycles. The number of carboxylic acids is 1. The average Bonchev–Trinajstić information content (AvgIpc) is 3.32. The molecule has 3 rings (SSSR count). The molecule has 1 saturated carbocycles. The van der Waals surface area contributed by atoms with Crippen molar-refractivity contribution in [2.45, 2.75) is 32.2 Å². The number of rotatable bonds is 6. The van der Waals surface area contributed by atoms with Gasteiger partial charge in [-0.3, -0.25) is 4.79 Å². The average molecular weight is 375 g/mol. The van der Waals surface area contributed by atoms with Crippen molar-refractivity contribution < 1.29 is 28.2 Å². The summed E-state index contributed by atoms with van der Waals surface area (Å²) in [5.41, 5.74) is 1.66. The van der Waals surface area contributed by atoms with E-state index in [1.54, 1.807) is 26.0 Å². The number of aliphatic carboxylic acids is 1. The van der Waals surface area contributed by atoms with E-state index >= 15 is 0 Å². The third-order valence-corrected chi connectivity index (χ3v) is 4.54. The fraction of sp³-hybridized carbons (Fsp3) is 0.300. The standard InChI is InChI=1S/C20H19F2NO4/c1-10-6-12(7-11(2)19(10)27-9-17(24)25)20(26)23-16-8-13(16)18-14(21)4-3-5-15(18)22/h3-7,13,16H,8-9H2,1-2H3,(H,23,26)(H,24,25).